The molecule has 1 amide bonds. The van der Waals surface area contributed by atoms with Crippen LogP contribution in [0.1, 0.15) is 50.6 Å². The Morgan fingerprint density at radius 2 is 1.61 bits per heavy atom. The van der Waals surface area contributed by atoms with E-state index in [9.17, 15) is 4.79 Å². The molecule has 4 bridgehead atoms. The van der Waals surface area contributed by atoms with Crippen LogP contribution in [0, 0.1) is 30.1 Å². The molecule has 0 unspecified atom stereocenters. The average Bonchev–Trinajstić information content (AvgIpc) is 2.62. The van der Waals surface area contributed by atoms with Gasteiger partial charge in [0.05, 0.1) is 0 Å². The van der Waals surface area contributed by atoms with E-state index in [0.717, 1.165) is 40.6 Å². The van der Waals surface area contributed by atoms with Crippen LogP contribution in [0.4, 0.5) is 17.2 Å². The maximum Gasteiger partial charge on any atom is 0.224 e. The van der Waals surface area contributed by atoms with Crippen LogP contribution in [0.5, 0.6) is 0 Å². The SMILES string of the molecule is Cc1cc(Nc2ccc(NC(=O)CC34CC5CC(CC(C5)C3)C4)cc2)ncn1. The summed E-state index contributed by atoms with van der Waals surface area (Å²) in [6, 6.07) is 9.75. The van der Waals surface area contributed by atoms with E-state index >= 15 is 0 Å². The minimum absolute atomic E-state index is 0.175. The molecule has 5 heteroatoms. The van der Waals surface area contributed by atoms with Gasteiger partial charge < -0.3 is 10.6 Å². The topological polar surface area (TPSA) is 66.9 Å². The van der Waals surface area contributed by atoms with Crippen molar-refractivity contribution in [3.63, 3.8) is 0 Å². The molecule has 0 atom stereocenters. The Morgan fingerprint density at radius 1 is 1.00 bits per heavy atom. The van der Waals surface area contributed by atoms with E-state index in [1.54, 1.807) is 6.33 Å². The lowest BCUT2D eigenvalue weighted by Crippen LogP contribution is -2.47. The van der Waals surface area contributed by atoms with Gasteiger partial charge in [0.1, 0.15) is 12.1 Å². The summed E-state index contributed by atoms with van der Waals surface area (Å²) >= 11 is 0. The Kier molecular flexibility index (Phi) is 4.33. The maximum atomic E-state index is 12.8. The molecule has 28 heavy (non-hydrogen) atoms. The molecular formula is C23H28N4O. The third kappa shape index (κ3) is 3.62. The molecule has 5 nitrogen and oxygen atoms in total. The maximum absolute atomic E-state index is 12.8. The van der Waals surface area contributed by atoms with Crippen LogP contribution < -0.4 is 10.6 Å². The second-order valence-corrected chi connectivity index (χ2v) is 9.39. The number of nitrogens with zero attached hydrogens (tertiary/aromatic N) is 2. The monoisotopic (exact) mass is 376 g/mol. The second-order valence-electron chi connectivity index (χ2n) is 9.39. The fourth-order valence-corrected chi connectivity index (χ4v) is 6.36. The molecule has 1 aromatic carbocycles. The van der Waals surface area contributed by atoms with Gasteiger partial charge in [-0.2, -0.15) is 0 Å². The third-order valence-electron chi connectivity index (χ3n) is 6.95. The van der Waals surface area contributed by atoms with Crippen molar-refractivity contribution < 1.29 is 4.79 Å². The molecule has 146 valence electrons. The Morgan fingerprint density at radius 3 is 2.21 bits per heavy atom. The summed E-state index contributed by atoms with van der Waals surface area (Å²) < 4.78 is 0. The highest BCUT2D eigenvalue weighted by Crippen LogP contribution is 2.61. The normalized spacial score (nSPS) is 30.2. The highest BCUT2D eigenvalue weighted by molar-refractivity contribution is 5.91. The summed E-state index contributed by atoms with van der Waals surface area (Å²) in [4.78, 5) is 21.1. The zero-order valence-electron chi connectivity index (χ0n) is 16.4. The van der Waals surface area contributed by atoms with Gasteiger partial charge in [-0.3, -0.25) is 4.79 Å². The predicted molar refractivity (Wildman–Crippen MR) is 110 cm³/mol. The number of benzene rings is 1. The number of anilines is 3. The molecule has 0 saturated heterocycles. The van der Waals surface area contributed by atoms with Crippen molar-refractivity contribution in [1.82, 2.24) is 9.97 Å². The van der Waals surface area contributed by atoms with Crippen molar-refractivity contribution in [2.24, 2.45) is 23.2 Å². The zero-order valence-corrected chi connectivity index (χ0v) is 16.4. The van der Waals surface area contributed by atoms with Crippen LogP contribution in [0.2, 0.25) is 0 Å². The molecule has 0 aliphatic heterocycles. The number of carbonyl (C=O) groups is 1. The number of aromatic nitrogens is 2. The van der Waals surface area contributed by atoms with E-state index in [-0.39, 0.29) is 11.3 Å². The lowest BCUT2D eigenvalue weighted by Gasteiger charge is -2.56. The summed E-state index contributed by atoms with van der Waals surface area (Å²) in [5.74, 6) is 3.60. The van der Waals surface area contributed by atoms with Crippen LogP contribution in [-0.4, -0.2) is 15.9 Å². The molecule has 1 heterocycles. The van der Waals surface area contributed by atoms with Crippen molar-refractivity contribution in [3.8, 4) is 0 Å². The Bertz CT molecular complexity index is 841. The molecule has 0 radical (unpaired) electrons. The molecule has 2 aromatic rings. The van der Waals surface area contributed by atoms with Gasteiger partial charge in [-0.15, -0.1) is 0 Å². The Labute approximate surface area is 166 Å². The van der Waals surface area contributed by atoms with Gasteiger partial charge in [0.2, 0.25) is 5.91 Å². The van der Waals surface area contributed by atoms with E-state index in [4.69, 9.17) is 0 Å². The van der Waals surface area contributed by atoms with Crippen molar-refractivity contribution in [2.45, 2.75) is 51.9 Å². The van der Waals surface area contributed by atoms with E-state index < -0.39 is 0 Å². The first-order valence-electron chi connectivity index (χ1n) is 10.5. The molecular weight excluding hydrogens is 348 g/mol. The number of carbonyl (C=O) groups excluding carboxylic acids is 1. The Balaban J connectivity index is 1.20. The lowest BCUT2D eigenvalue weighted by atomic mass is 9.49. The minimum atomic E-state index is 0.175. The van der Waals surface area contributed by atoms with Crippen LogP contribution in [0.3, 0.4) is 0 Å². The molecule has 1 aromatic heterocycles. The highest BCUT2D eigenvalue weighted by atomic mass is 16.1. The molecule has 0 spiro atoms. The van der Waals surface area contributed by atoms with Crippen molar-refractivity contribution in [3.05, 3.63) is 42.4 Å². The smallest absolute Gasteiger partial charge is 0.224 e. The number of aryl methyl sites for hydroxylation is 1. The summed E-state index contributed by atoms with van der Waals surface area (Å²) in [5.41, 5.74) is 3.01. The molecule has 2 N–H and O–H groups in total. The number of rotatable bonds is 5. The predicted octanol–water partition coefficient (Wildman–Crippen LogP) is 5.07. The van der Waals surface area contributed by atoms with Gasteiger partial charge in [0, 0.05) is 29.6 Å². The largest absolute Gasteiger partial charge is 0.340 e. The molecule has 4 aliphatic rings. The van der Waals surface area contributed by atoms with Crippen LogP contribution in [0.15, 0.2) is 36.7 Å². The summed E-state index contributed by atoms with van der Waals surface area (Å²) in [5, 5.41) is 6.39. The van der Waals surface area contributed by atoms with Gasteiger partial charge in [-0.1, -0.05) is 0 Å². The Hall–Kier alpha value is -2.43. The van der Waals surface area contributed by atoms with Crippen LogP contribution >= 0.6 is 0 Å². The van der Waals surface area contributed by atoms with E-state index in [0.29, 0.717) is 6.42 Å². The summed E-state index contributed by atoms with van der Waals surface area (Å²) in [7, 11) is 0. The number of nitrogens with one attached hydrogen (secondary N) is 2. The third-order valence-corrected chi connectivity index (χ3v) is 6.95. The lowest BCUT2D eigenvalue weighted by molar-refractivity contribution is -0.124. The number of amides is 1. The summed E-state index contributed by atoms with van der Waals surface area (Å²) in [6.07, 6.45) is 10.3. The van der Waals surface area contributed by atoms with Crippen molar-refractivity contribution in [1.29, 1.82) is 0 Å². The molecule has 4 fully saturated rings. The van der Waals surface area contributed by atoms with Crippen LogP contribution in [-0.2, 0) is 4.79 Å². The fourth-order valence-electron chi connectivity index (χ4n) is 6.36. The van der Waals surface area contributed by atoms with Crippen LogP contribution in [0.25, 0.3) is 0 Å². The van der Waals surface area contributed by atoms with Gasteiger partial charge in [0.15, 0.2) is 0 Å². The van der Waals surface area contributed by atoms with E-state index in [1.807, 2.05) is 37.3 Å². The quantitative estimate of drug-likeness (QED) is 0.764. The highest BCUT2D eigenvalue weighted by Gasteiger charge is 2.51. The molecule has 4 aliphatic carbocycles. The van der Waals surface area contributed by atoms with Gasteiger partial charge >= 0.3 is 0 Å². The first kappa shape index (κ1) is 17.7. The molecule has 4 saturated carbocycles. The average molecular weight is 377 g/mol. The van der Waals surface area contributed by atoms with Crippen molar-refractivity contribution in [2.75, 3.05) is 10.6 Å². The molecule has 6 rings (SSSR count). The first-order chi connectivity index (χ1) is 13.6. The van der Waals surface area contributed by atoms with Gasteiger partial charge in [-0.25, -0.2) is 9.97 Å². The minimum Gasteiger partial charge on any atom is -0.340 e. The number of hydrogen-bond donors (Lipinski definition) is 2. The van der Waals surface area contributed by atoms with E-state index in [1.165, 1.54) is 38.5 Å². The fraction of sp³-hybridized carbons (Fsp3) is 0.522. The first-order valence-corrected chi connectivity index (χ1v) is 10.5. The van der Waals surface area contributed by atoms with Gasteiger partial charge in [0.25, 0.3) is 0 Å². The van der Waals surface area contributed by atoms with Crippen molar-refractivity contribution >= 4 is 23.1 Å². The summed E-state index contributed by atoms with van der Waals surface area (Å²) in [6.45, 7) is 1.94. The second kappa shape index (κ2) is 6.87. The number of hydrogen-bond acceptors (Lipinski definition) is 4. The standard InChI is InChI=1S/C23H28N4O/c1-15-6-21(25-14-24-15)26-19-2-4-20(5-3-19)27-22(28)13-23-10-16-7-17(11-23)9-18(8-16)12-23/h2-6,14,16-18H,7-13H2,1H3,(H,27,28)(H,24,25,26). The van der Waals surface area contributed by atoms with Gasteiger partial charge in [-0.05, 0) is 92.9 Å². The van der Waals surface area contributed by atoms with E-state index in [2.05, 4.69) is 20.6 Å². The zero-order chi connectivity index (χ0) is 19.1.